The van der Waals surface area contributed by atoms with E-state index in [1.807, 2.05) is 30.6 Å². The Hall–Kier alpha value is -2.27. The highest BCUT2D eigenvalue weighted by atomic mass is 16.2. The van der Waals surface area contributed by atoms with Gasteiger partial charge in [0.1, 0.15) is 0 Å². The van der Waals surface area contributed by atoms with Gasteiger partial charge in [-0.2, -0.15) is 0 Å². The highest BCUT2D eigenvalue weighted by Crippen LogP contribution is 2.32. The normalized spacial score (nSPS) is 21.1. The molecule has 0 saturated carbocycles. The monoisotopic (exact) mass is 378 g/mol. The highest BCUT2D eigenvalue weighted by Gasteiger charge is 2.33. The molecule has 5 heteroatoms. The number of hydrogen-bond donors (Lipinski definition) is 0. The van der Waals surface area contributed by atoms with Gasteiger partial charge in [0.2, 0.25) is 5.91 Å². The van der Waals surface area contributed by atoms with Crippen molar-refractivity contribution in [3.8, 4) is 0 Å². The van der Waals surface area contributed by atoms with Crippen molar-refractivity contribution in [2.75, 3.05) is 26.2 Å². The Morgan fingerprint density at radius 3 is 2.46 bits per heavy atom. The Labute approximate surface area is 167 Å². The van der Waals surface area contributed by atoms with E-state index >= 15 is 0 Å². The number of hydrogen-bond acceptors (Lipinski definition) is 4. The fourth-order valence-corrected chi connectivity index (χ4v) is 4.69. The van der Waals surface area contributed by atoms with Gasteiger partial charge in [-0.3, -0.25) is 19.7 Å². The van der Waals surface area contributed by atoms with Gasteiger partial charge in [-0.1, -0.05) is 6.07 Å². The van der Waals surface area contributed by atoms with Crippen molar-refractivity contribution < 1.29 is 4.79 Å². The molecule has 1 atom stereocenters. The lowest BCUT2D eigenvalue weighted by molar-refractivity contribution is -0.130. The Morgan fingerprint density at radius 1 is 0.929 bits per heavy atom. The maximum absolute atomic E-state index is 12.6. The van der Waals surface area contributed by atoms with E-state index in [2.05, 4.69) is 25.8 Å². The molecule has 2 saturated heterocycles. The number of rotatable bonds is 6. The lowest BCUT2D eigenvalue weighted by Gasteiger charge is -2.34. The van der Waals surface area contributed by atoms with Crippen LogP contribution in [0.5, 0.6) is 0 Å². The minimum Gasteiger partial charge on any atom is -0.342 e. The van der Waals surface area contributed by atoms with E-state index in [0.29, 0.717) is 18.2 Å². The number of aryl methyl sites for hydroxylation is 1. The van der Waals surface area contributed by atoms with Crippen molar-refractivity contribution in [2.45, 2.75) is 38.6 Å². The molecular weight excluding hydrogens is 348 g/mol. The third kappa shape index (κ3) is 4.96. The summed E-state index contributed by atoms with van der Waals surface area (Å²) in [5.74, 6) is 1.77. The molecular formula is C23H30N4O. The second-order valence-electron chi connectivity index (χ2n) is 8.22. The van der Waals surface area contributed by atoms with Gasteiger partial charge in [0.15, 0.2) is 0 Å². The van der Waals surface area contributed by atoms with E-state index in [0.717, 1.165) is 45.1 Å². The number of aromatic nitrogens is 2. The fraction of sp³-hybridized carbons (Fsp3) is 0.522. The molecule has 0 bridgehead atoms. The average Bonchev–Trinajstić information content (AvgIpc) is 3.24. The van der Waals surface area contributed by atoms with Crippen molar-refractivity contribution in [1.82, 2.24) is 19.8 Å². The molecule has 0 aromatic carbocycles. The standard InChI is InChI=1S/C23H30N4O/c28-23(4-3-19-5-11-24-12-6-19)27-15-9-22(18-27)21-7-13-26(14-8-21)17-20-2-1-10-25-16-20/h1-2,5-6,10-12,16,21-22H,3-4,7-9,13-15,17-18H2. The van der Waals surface area contributed by atoms with Crippen LogP contribution in [-0.4, -0.2) is 51.9 Å². The lowest BCUT2D eigenvalue weighted by atomic mass is 9.83. The molecule has 0 aliphatic carbocycles. The summed E-state index contributed by atoms with van der Waals surface area (Å²) in [6.45, 7) is 5.22. The number of nitrogens with zero attached hydrogens (tertiary/aromatic N) is 4. The molecule has 148 valence electrons. The maximum Gasteiger partial charge on any atom is 0.222 e. The number of carbonyl (C=O) groups is 1. The molecule has 5 nitrogen and oxygen atoms in total. The summed E-state index contributed by atoms with van der Waals surface area (Å²) >= 11 is 0. The first-order chi connectivity index (χ1) is 13.8. The average molecular weight is 379 g/mol. The first-order valence-corrected chi connectivity index (χ1v) is 10.6. The molecule has 0 spiro atoms. The van der Waals surface area contributed by atoms with Crippen LogP contribution in [0.25, 0.3) is 0 Å². The van der Waals surface area contributed by atoms with Crippen molar-refractivity contribution in [3.63, 3.8) is 0 Å². The molecule has 2 fully saturated rings. The summed E-state index contributed by atoms with van der Waals surface area (Å²) < 4.78 is 0. The molecule has 2 aliphatic heterocycles. The number of piperidine rings is 1. The molecule has 2 aromatic rings. The van der Waals surface area contributed by atoms with E-state index in [-0.39, 0.29) is 0 Å². The summed E-state index contributed by atoms with van der Waals surface area (Å²) in [7, 11) is 0. The van der Waals surface area contributed by atoms with Crippen molar-refractivity contribution in [2.24, 2.45) is 11.8 Å². The van der Waals surface area contributed by atoms with Gasteiger partial charge in [0, 0.05) is 50.8 Å². The predicted molar refractivity (Wildman–Crippen MR) is 109 cm³/mol. The summed E-state index contributed by atoms with van der Waals surface area (Å²) in [5.41, 5.74) is 2.49. The number of amides is 1. The molecule has 0 radical (unpaired) electrons. The van der Waals surface area contributed by atoms with Gasteiger partial charge >= 0.3 is 0 Å². The minimum absolute atomic E-state index is 0.313. The van der Waals surface area contributed by atoms with Crippen molar-refractivity contribution in [1.29, 1.82) is 0 Å². The smallest absolute Gasteiger partial charge is 0.222 e. The van der Waals surface area contributed by atoms with Gasteiger partial charge in [-0.15, -0.1) is 0 Å². The van der Waals surface area contributed by atoms with E-state index < -0.39 is 0 Å². The van der Waals surface area contributed by atoms with Gasteiger partial charge in [0.25, 0.3) is 0 Å². The van der Waals surface area contributed by atoms with Crippen LogP contribution in [0, 0.1) is 11.8 Å². The van der Waals surface area contributed by atoms with E-state index in [9.17, 15) is 4.79 Å². The Morgan fingerprint density at radius 2 is 1.71 bits per heavy atom. The van der Waals surface area contributed by atoms with Crippen LogP contribution in [-0.2, 0) is 17.8 Å². The van der Waals surface area contributed by atoms with Crippen LogP contribution in [0.3, 0.4) is 0 Å². The third-order valence-electron chi connectivity index (χ3n) is 6.38. The zero-order valence-corrected chi connectivity index (χ0v) is 16.5. The zero-order valence-electron chi connectivity index (χ0n) is 16.5. The van der Waals surface area contributed by atoms with Crippen molar-refractivity contribution in [3.05, 3.63) is 60.2 Å². The summed E-state index contributed by atoms with van der Waals surface area (Å²) in [4.78, 5) is 25.5. The molecule has 1 unspecified atom stereocenters. The maximum atomic E-state index is 12.6. The lowest BCUT2D eigenvalue weighted by Crippen LogP contribution is -2.37. The second-order valence-corrected chi connectivity index (χ2v) is 8.22. The summed E-state index contributed by atoms with van der Waals surface area (Å²) in [6.07, 6.45) is 12.5. The van der Waals surface area contributed by atoms with Gasteiger partial charge in [-0.05, 0) is 79.9 Å². The highest BCUT2D eigenvalue weighted by molar-refractivity contribution is 5.76. The fourth-order valence-electron chi connectivity index (χ4n) is 4.69. The number of likely N-dealkylation sites (tertiary alicyclic amines) is 2. The molecule has 2 aliphatic rings. The van der Waals surface area contributed by atoms with Gasteiger partial charge < -0.3 is 4.90 Å². The van der Waals surface area contributed by atoms with E-state index in [1.54, 1.807) is 12.4 Å². The molecule has 1 amide bonds. The topological polar surface area (TPSA) is 49.3 Å². The van der Waals surface area contributed by atoms with E-state index in [4.69, 9.17) is 0 Å². The van der Waals surface area contributed by atoms with Crippen LogP contribution >= 0.6 is 0 Å². The quantitative estimate of drug-likeness (QED) is 0.775. The van der Waals surface area contributed by atoms with Crippen LogP contribution in [0.4, 0.5) is 0 Å². The summed E-state index contributed by atoms with van der Waals surface area (Å²) in [6, 6.07) is 8.17. The third-order valence-corrected chi connectivity index (χ3v) is 6.38. The molecule has 4 heterocycles. The Kier molecular flexibility index (Phi) is 6.32. The number of pyridine rings is 2. The second kappa shape index (κ2) is 9.28. The summed E-state index contributed by atoms with van der Waals surface area (Å²) in [5, 5.41) is 0. The van der Waals surface area contributed by atoms with Gasteiger partial charge in [-0.25, -0.2) is 0 Å². The number of carbonyl (C=O) groups excluding carboxylic acids is 1. The Bertz CT molecular complexity index is 744. The van der Waals surface area contributed by atoms with Crippen LogP contribution in [0.15, 0.2) is 49.1 Å². The largest absolute Gasteiger partial charge is 0.342 e. The SMILES string of the molecule is O=C(CCc1ccncc1)N1CCC(C2CCN(Cc3cccnc3)CC2)C1. The van der Waals surface area contributed by atoms with Crippen molar-refractivity contribution >= 4 is 5.91 Å². The molecule has 2 aromatic heterocycles. The van der Waals surface area contributed by atoms with Crippen LogP contribution in [0.1, 0.15) is 36.8 Å². The first-order valence-electron chi connectivity index (χ1n) is 10.6. The van der Waals surface area contributed by atoms with Gasteiger partial charge in [0.05, 0.1) is 0 Å². The predicted octanol–water partition coefficient (Wildman–Crippen LogP) is 3.17. The van der Waals surface area contributed by atoms with E-state index in [1.165, 1.54) is 30.4 Å². The van der Waals surface area contributed by atoms with Crippen LogP contribution < -0.4 is 0 Å². The minimum atomic E-state index is 0.313. The zero-order chi connectivity index (χ0) is 19.2. The molecule has 0 N–H and O–H groups in total. The Balaban J connectivity index is 1.20. The molecule has 4 rings (SSSR count). The first kappa shape index (κ1) is 19.1. The molecule has 28 heavy (non-hydrogen) atoms. The van der Waals surface area contributed by atoms with Crippen LogP contribution in [0.2, 0.25) is 0 Å².